The molecule has 118 valence electrons. The van der Waals surface area contributed by atoms with Crippen molar-refractivity contribution in [3.63, 3.8) is 0 Å². The topological polar surface area (TPSA) is 114 Å². The number of hydrogen-bond donors (Lipinski definition) is 4. The Kier molecular flexibility index (Phi) is 7.39. The van der Waals surface area contributed by atoms with Crippen molar-refractivity contribution < 1.29 is 24.5 Å². The molecule has 0 aromatic rings. The Labute approximate surface area is 119 Å². The van der Waals surface area contributed by atoms with E-state index in [1.54, 1.807) is 6.92 Å². The Bertz CT molecular complexity index is 302. The van der Waals surface area contributed by atoms with E-state index in [0.717, 1.165) is 19.3 Å². The number of hydrogen-bond acceptors (Lipinski definition) is 6. The predicted octanol–water partition coefficient (Wildman–Crippen LogP) is -0.897. The second kappa shape index (κ2) is 8.53. The third-order valence-corrected chi connectivity index (χ3v) is 3.34. The molecular formula is C13H26N2O5. The number of nitrogens with one attached hydrogen (secondary N) is 1. The average molecular weight is 290 g/mol. The minimum atomic E-state index is -1.11. The summed E-state index contributed by atoms with van der Waals surface area (Å²) in [7, 11) is 0. The van der Waals surface area contributed by atoms with E-state index in [1.807, 2.05) is 0 Å². The average Bonchev–Trinajstić information content (AvgIpc) is 2.40. The van der Waals surface area contributed by atoms with Crippen LogP contribution in [0.1, 0.15) is 33.1 Å². The predicted molar refractivity (Wildman–Crippen MR) is 72.8 cm³/mol. The molecule has 0 aromatic heterocycles. The van der Waals surface area contributed by atoms with Gasteiger partial charge >= 0.3 is 0 Å². The number of carbonyl (C=O) groups is 1. The van der Waals surface area contributed by atoms with Gasteiger partial charge in [-0.2, -0.15) is 0 Å². The second-order valence-electron chi connectivity index (χ2n) is 5.14. The Morgan fingerprint density at radius 1 is 1.30 bits per heavy atom. The molecule has 7 nitrogen and oxygen atoms in total. The first-order valence-corrected chi connectivity index (χ1v) is 7.07. The number of amides is 1. The molecule has 20 heavy (non-hydrogen) atoms. The highest BCUT2D eigenvalue weighted by Crippen LogP contribution is 2.22. The lowest BCUT2D eigenvalue weighted by atomic mass is 9.97. The zero-order valence-electron chi connectivity index (χ0n) is 12.1. The number of unbranched alkanes of at least 4 members (excludes halogenated alkanes) is 2. The Morgan fingerprint density at radius 2 is 2.00 bits per heavy atom. The maximum atomic E-state index is 11.2. The Morgan fingerprint density at radius 3 is 2.60 bits per heavy atom. The van der Waals surface area contributed by atoms with Crippen LogP contribution in [0.25, 0.3) is 0 Å². The summed E-state index contributed by atoms with van der Waals surface area (Å²) in [5.41, 5.74) is 5.41. The van der Waals surface area contributed by atoms with E-state index in [2.05, 4.69) is 5.32 Å². The van der Waals surface area contributed by atoms with Crippen molar-refractivity contribution in [1.29, 1.82) is 0 Å². The van der Waals surface area contributed by atoms with Crippen molar-refractivity contribution in [3.8, 4) is 0 Å². The molecule has 1 saturated heterocycles. The van der Waals surface area contributed by atoms with E-state index in [-0.39, 0.29) is 5.91 Å². The summed E-state index contributed by atoms with van der Waals surface area (Å²) in [5.74, 6) is -0.309. The molecule has 2 unspecified atom stereocenters. The molecule has 1 rings (SSSR count). The van der Waals surface area contributed by atoms with Crippen molar-refractivity contribution in [3.05, 3.63) is 0 Å². The first-order chi connectivity index (χ1) is 9.47. The first-order valence-electron chi connectivity index (χ1n) is 7.07. The van der Waals surface area contributed by atoms with Crippen LogP contribution in [0.3, 0.4) is 0 Å². The summed E-state index contributed by atoms with van der Waals surface area (Å²) in [6, 6.07) is -0.770. The molecule has 0 radical (unpaired) electrons. The van der Waals surface area contributed by atoms with Gasteiger partial charge in [-0.15, -0.1) is 0 Å². The SMILES string of the molecule is CC(=O)NC1[C@@H](OCCCCCN)OC(C)[C@@H](O)[C@@H]1O. The van der Waals surface area contributed by atoms with Crippen LogP contribution in [0, 0.1) is 0 Å². The monoisotopic (exact) mass is 290 g/mol. The van der Waals surface area contributed by atoms with Crippen molar-refractivity contribution >= 4 is 5.91 Å². The normalized spacial score (nSPS) is 34.0. The van der Waals surface area contributed by atoms with Crippen LogP contribution in [0.2, 0.25) is 0 Å². The lowest BCUT2D eigenvalue weighted by Gasteiger charge is -2.41. The van der Waals surface area contributed by atoms with Crippen LogP contribution < -0.4 is 11.1 Å². The van der Waals surface area contributed by atoms with Gasteiger partial charge < -0.3 is 30.7 Å². The highest BCUT2D eigenvalue weighted by Gasteiger charge is 2.43. The maximum Gasteiger partial charge on any atom is 0.217 e. The third kappa shape index (κ3) is 4.99. The molecule has 1 heterocycles. The van der Waals surface area contributed by atoms with E-state index in [0.29, 0.717) is 13.2 Å². The van der Waals surface area contributed by atoms with E-state index < -0.39 is 30.6 Å². The molecule has 5 N–H and O–H groups in total. The summed E-state index contributed by atoms with van der Waals surface area (Å²) >= 11 is 0. The number of aliphatic hydroxyl groups excluding tert-OH is 2. The van der Waals surface area contributed by atoms with Gasteiger partial charge in [-0.3, -0.25) is 4.79 Å². The molecule has 1 fully saturated rings. The van der Waals surface area contributed by atoms with Gasteiger partial charge in [0.1, 0.15) is 18.2 Å². The van der Waals surface area contributed by atoms with Crippen LogP contribution in [0.5, 0.6) is 0 Å². The highest BCUT2D eigenvalue weighted by atomic mass is 16.7. The lowest BCUT2D eigenvalue weighted by molar-refractivity contribution is -0.260. The fourth-order valence-corrected chi connectivity index (χ4v) is 2.18. The third-order valence-electron chi connectivity index (χ3n) is 3.34. The highest BCUT2D eigenvalue weighted by molar-refractivity contribution is 5.73. The quantitative estimate of drug-likeness (QED) is 0.452. The first kappa shape index (κ1) is 17.3. The van der Waals surface area contributed by atoms with Crippen molar-refractivity contribution in [1.82, 2.24) is 5.32 Å². The summed E-state index contributed by atoms with van der Waals surface area (Å²) in [4.78, 5) is 11.2. The van der Waals surface area contributed by atoms with E-state index in [4.69, 9.17) is 15.2 Å². The van der Waals surface area contributed by atoms with Gasteiger partial charge in [-0.25, -0.2) is 0 Å². The molecule has 7 heteroatoms. The molecule has 0 aromatic carbocycles. The van der Waals surface area contributed by atoms with Crippen LogP contribution in [-0.4, -0.2) is 59.9 Å². The summed E-state index contributed by atoms with van der Waals surface area (Å²) in [5, 5.41) is 22.4. The zero-order chi connectivity index (χ0) is 15.1. The van der Waals surface area contributed by atoms with Gasteiger partial charge in [0.05, 0.1) is 6.10 Å². The minimum Gasteiger partial charge on any atom is -0.388 e. The van der Waals surface area contributed by atoms with Gasteiger partial charge in [0, 0.05) is 13.5 Å². The van der Waals surface area contributed by atoms with Crippen LogP contribution in [0.4, 0.5) is 0 Å². The van der Waals surface area contributed by atoms with Gasteiger partial charge in [-0.05, 0) is 32.7 Å². The van der Waals surface area contributed by atoms with Gasteiger partial charge in [0.2, 0.25) is 5.91 Å². The largest absolute Gasteiger partial charge is 0.388 e. The van der Waals surface area contributed by atoms with Crippen LogP contribution in [0.15, 0.2) is 0 Å². The maximum absolute atomic E-state index is 11.2. The van der Waals surface area contributed by atoms with Crippen molar-refractivity contribution in [2.24, 2.45) is 5.73 Å². The Balaban J connectivity index is 2.52. The molecule has 0 saturated carbocycles. The number of aliphatic hydroxyl groups is 2. The number of ether oxygens (including phenoxy) is 2. The molecule has 5 atom stereocenters. The number of nitrogens with two attached hydrogens (primary N) is 1. The summed E-state index contributed by atoms with van der Waals surface area (Å²) in [6.07, 6.45) is -0.761. The molecular weight excluding hydrogens is 264 g/mol. The molecule has 1 amide bonds. The Hall–Kier alpha value is -0.730. The van der Waals surface area contributed by atoms with E-state index >= 15 is 0 Å². The van der Waals surface area contributed by atoms with Gasteiger partial charge in [0.15, 0.2) is 6.29 Å². The fourth-order valence-electron chi connectivity index (χ4n) is 2.18. The standard InChI is InChI=1S/C13H26N2O5/c1-8-11(17)12(18)10(15-9(2)16)13(20-8)19-7-5-3-4-6-14/h8,10-13,17-18H,3-7,14H2,1-2H3,(H,15,16)/t8?,10?,11-,12-,13+/m1/s1. The summed E-state index contributed by atoms with van der Waals surface area (Å²) < 4.78 is 11.1. The van der Waals surface area contributed by atoms with E-state index in [1.165, 1.54) is 6.92 Å². The molecule has 0 aliphatic carbocycles. The summed E-state index contributed by atoms with van der Waals surface area (Å²) in [6.45, 7) is 4.10. The van der Waals surface area contributed by atoms with Gasteiger partial charge in [0.25, 0.3) is 0 Å². The fraction of sp³-hybridized carbons (Fsp3) is 0.923. The number of rotatable bonds is 7. The van der Waals surface area contributed by atoms with E-state index in [9.17, 15) is 15.0 Å². The number of carbonyl (C=O) groups excluding carboxylic acids is 1. The molecule has 0 spiro atoms. The molecule has 0 bridgehead atoms. The van der Waals surface area contributed by atoms with Gasteiger partial charge in [-0.1, -0.05) is 0 Å². The smallest absolute Gasteiger partial charge is 0.217 e. The van der Waals surface area contributed by atoms with Crippen molar-refractivity contribution in [2.45, 2.75) is 63.8 Å². The molecule has 1 aliphatic rings. The molecule has 1 aliphatic heterocycles. The van der Waals surface area contributed by atoms with Crippen LogP contribution >= 0.6 is 0 Å². The lowest BCUT2D eigenvalue weighted by Crippen LogP contribution is -2.63. The second-order valence-corrected chi connectivity index (χ2v) is 5.14. The van der Waals surface area contributed by atoms with Crippen molar-refractivity contribution in [2.75, 3.05) is 13.2 Å². The zero-order valence-corrected chi connectivity index (χ0v) is 12.1. The van der Waals surface area contributed by atoms with Crippen LogP contribution in [-0.2, 0) is 14.3 Å². The minimum absolute atomic E-state index is 0.309.